The van der Waals surface area contributed by atoms with Crippen LogP contribution in [-0.2, 0) is 6.54 Å². The SMILES string of the molecule is O=C(NCc1ccccc1)c1nnc(/C(Cl)=C/c2ccc(-n3cncn3)c(F)c2)s1. The highest BCUT2D eigenvalue weighted by Crippen LogP contribution is 2.26. The summed E-state index contributed by atoms with van der Waals surface area (Å²) in [5, 5.41) is 15.4. The summed E-state index contributed by atoms with van der Waals surface area (Å²) in [6, 6.07) is 14.1. The Morgan fingerprint density at radius 1 is 1.17 bits per heavy atom. The smallest absolute Gasteiger partial charge is 0.282 e. The fourth-order valence-electron chi connectivity index (χ4n) is 2.60. The zero-order valence-corrected chi connectivity index (χ0v) is 16.9. The van der Waals surface area contributed by atoms with Gasteiger partial charge in [-0.1, -0.05) is 59.3 Å². The van der Waals surface area contributed by atoms with Gasteiger partial charge in [-0.2, -0.15) is 5.10 Å². The molecular weight excluding hydrogens is 427 g/mol. The lowest BCUT2D eigenvalue weighted by molar-refractivity contribution is 0.0950. The Morgan fingerprint density at radius 3 is 2.70 bits per heavy atom. The summed E-state index contributed by atoms with van der Waals surface area (Å²) in [5.41, 5.74) is 1.78. The third kappa shape index (κ3) is 4.58. The van der Waals surface area contributed by atoms with E-state index in [0.29, 0.717) is 17.1 Å². The average Bonchev–Trinajstić information content (AvgIpc) is 3.45. The fraction of sp³-hybridized carbons (Fsp3) is 0.0500. The average molecular weight is 441 g/mol. The Morgan fingerprint density at radius 2 is 1.97 bits per heavy atom. The topological polar surface area (TPSA) is 85.6 Å². The monoisotopic (exact) mass is 440 g/mol. The van der Waals surface area contributed by atoms with E-state index >= 15 is 0 Å². The lowest BCUT2D eigenvalue weighted by atomic mass is 10.2. The third-order valence-corrected chi connectivity index (χ3v) is 5.41. The van der Waals surface area contributed by atoms with Crippen molar-refractivity contribution in [3.63, 3.8) is 0 Å². The van der Waals surface area contributed by atoms with E-state index in [-0.39, 0.29) is 21.6 Å². The molecule has 0 saturated carbocycles. The van der Waals surface area contributed by atoms with Crippen molar-refractivity contribution in [1.82, 2.24) is 30.3 Å². The summed E-state index contributed by atoms with van der Waals surface area (Å²) in [6.45, 7) is 0.384. The van der Waals surface area contributed by atoms with E-state index in [4.69, 9.17) is 11.6 Å². The predicted octanol–water partition coefficient (Wildman–Crippen LogP) is 3.92. The van der Waals surface area contributed by atoms with Crippen LogP contribution in [0.2, 0.25) is 0 Å². The van der Waals surface area contributed by atoms with E-state index in [1.54, 1.807) is 18.2 Å². The molecule has 1 N–H and O–H groups in total. The number of hydrogen-bond acceptors (Lipinski definition) is 6. The number of rotatable bonds is 6. The summed E-state index contributed by atoms with van der Waals surface area (Å²) < 4.78 is 15.7. The predicted molar refractivity (Wildman–Crippen MR) is 113 cm³/mol. The van der Waals surface area contributed by atoms with Gasteiger partial charge in [-0.05, 0) is 29.3 Å². The van der Waals surface area contributed by atoms with E-state index in [1.807, 2.05) is 30.3 Å². The standard InChI is InChI=1S/C20H14ClFN6OS/c21-15(8-14-6-7-17(16(22)9-14)28-12-23-11-25-28)19-26-27-20(30-19)18(29)24-10-13-4-2-1-3-5-13/h1-9,11-12H,10H2,(H,24,29)/b15-8-. The van der Waals surface area contributed by atoms with Gasteiger partial charge in [-0.25, -0.2) is 14.1 Å². The van der Waals surface area contributed by atoms with Crippen molar-refractivity contribution < 1.29 is 9.18 Å². The summed E-state index contributed by atoms with van der Waals surface area (Å²) in [5.74, 6) is -0.813. The highest BCUT2D eigenvalue weighted by molar-refractivity contribution is 7.15. The maximum Gasteiger partial charge on any atom is 0.282 e. The number of nitrogens with one attached hydrogen (secondary N) is 1. The summed E-state index contributed by atoms with van der Waals surface area (Å²) in [6.07, 6.45) is 4.29. The van der Waals surface area contributed by atoms with Gasteiger partial charge < -0.3 is 5.32 Å². The van der Waals surface area contributed by atoms with E-state index in [9.17, 15) is 9.18 Å². The van der Waals surface area contributed by atoms with Crippen molar-refractivity contribution in [2.24, 2.45) is 0 Å². The van der Waals surface area contributed by atoms with Crippen LogP contribution in [0.5, 0.6) is 0 Å². The first-order valence-corrected chi connectivity index (χ1v) is 9.97. The lowest BCUT2D eigenvalue weighted by Crippen LogP contribution is -2.22. The molecule has 150 valence electrons. The number of carbonyl (C=O) groups is 1. The number of nitrogens with zero attached hydrogens (tertiary/aromatic N) is 5. The minimum absolute atomic E-state index is 0.195. The number of amides is 1. The van der Waals surface area contributed by atoms with Crippen molar-refractivity contribution in [2.75, 3.05) is 0 Å². The number of benzene rings is 2. The Bertz CT molecular complexity index is 1190. The normalized spacial score (nSPS) is 11.5. The van der Waals surface area contributed by atoms with Crippen LogP contribution in [0.3, 0.4) is 0 Å². The zero-order chi connectivity index (χ0) is 20.9. The van der Waals surface area contributed by atoms with Crippen LogP contribution in [-0.4, -0.2) is 30.9 Å². The van der Waals surface area contributed by atoms with E-state index in [1.165, 1.54) is 23.4 Å². The van der Waals surface area contributed by atoms with Crippen molar-refractivity contribution in [3.8, 4) is 5.69 Å². The fourth-order valence-corrected chi connectivity index (χ4v) is 3.55. The summed E-state index contributed by atoms with van der Waals surface area (Å²) in [7, 11) is 0. The Hall–Kier alpha value is -3.43. The molecule has 0 saturated heterocycles. The van der Waals surface area contributed by atoms with Gasteiger partial charge in [0.1, 0.15) is 24.2 Å². The van der Waals surface area contributed by atoms with E-state index in [0.717, 1.165) is 16.9 Å². The Labute approximate surface area is 179 Å². The van der Waals surface area contributed by atoms with Gasteiger partial charge in [0.25, 0.3) is 5.91 Å². The molecule has 0 aliphatic carbocycles. The zero-order valence-electron chi connectivity index (χ0n) is 15.4. The van der Waals surface area contributed by atoms with E-state index < -0.39 is 5.82 Å². The molecule has 1 amide bonds. The van der Waals surface area contributed by atoms with Crippen LogP contribution in [0.1, 0.15) is 25.9 Å². The van der Waals surface area contributed by atoms with Crippen LogP contribution >= 0.6 is 22.9 Å². The van der Waals surface area contributed by atoms with Gasteiger partial charge in [-0.15, -0.1) is 10.2 Å². The molecule has 2 aromatic heterocycles. The Kier molecular flexibility index (Phi) is 5.92. The molecule has 0 aliphatic rings. The maximum absolute atomic E-state index is 14.4. The molecule has 10 heteroatoms. The molecule has 7 nitrogen and oxygen atoms in total. The quantitative estimate of drug-likeness (QED) is 0.491. The molecule has 4 aromatic rings. The highest BCUT2D eigenvalue weighted by Gasteiger charge is 2.15. The van der Waals surface area contributed by atoms with Gasteiger partial charge in [0.05, 0.1) is 5.03 Å². The second-order valence-corrected chi connectivity index (χ2v) is 7.51. The van der Waals surface area contributed by atoms with Gasteiger partial charge in [0, 0.05) is 6.54 Å². The molecule has 0 radical (unpaired) electrons. The summed E-state index contributed by atoms with van der Waals surface area (Å²) >= 11 is 7.37. The molecule has 0 aliphatic heterocycles. The minimum atomic E-state index is -0.475. The van der Waals surface area contributed by atoms with Crippen molar-refractivity contribution in [2.45, 2.75) is 6.54 Å². The molecule has 0 bridgehead atoms. The van der Waals surface area contributed by atoms with Crippen molar-refractivity contribution in [1.29, 1.82) is 0 Å². The largest absolute Gasteiger partial charge is 0.346 e. The molecule has 30 heavy (non-hydrogen) atoms. The van der Waals surface area contributed by atoms with Crippen LogP contribution in [0.15, 0.2) is 61.2 Å². The molecular formula is C20H14ClFN6OS. The molecule has 2 aromatic carbocycles. The second-order valence-electron chi connectivity index (χ2n) is 6.12. The van der Waals surface area contributed by atoms with Crippen molar-refractivity contribution >= 4 is 40.0 Å². The minimum Gasteiger partial charge on any atom is -0.346 e. The molecule has 0 atom stereocenters. The number of hydrogen-bond donors (Lipinski definition) is 1. The van der Waals surface area contributed by atoms with Crippen LogP contribution in [0, 0.1) is 5.82 Å². The Balaban J connectivity index is 1.45. The number of halogens is 2. The first-order chi connectivity index (χ1) is 14.6. The molecule has 2 heterocycles. The summed E-state index contributed by atoms with van der Waals surface area (Å²) in [4.78, 5) is 16.1. The molecule has 4 rings (SSSR count). The number of carbonyl (C=O) groups excluding carboxylic acids is 1. The van der Waals surface area contributed by atoms with Crippen LogP contribution in [0.25, 0.3) is 16.8 Å². The van der Waals surface area contributed by atoms with Crippen LogP contribution < -0.4 is 5.32 Å². The maximum atomic E-state index is 14.4. The number of aromatic nitrogens is 5. The first-order valence-electron chi connectivity index (χ1n) is 8.78. The third-order valence-electron chi connectivity index (χ3n) is 4.05. The first kappa shape index (κ1) is 19.9. The van der Waals surface area contributed by atoms with Crippen molar-refractivity contribution in [3.05, 3.63) is 88.1 Å². The van der Waals surface area contributed by atoms with Gasteiger partial charge in [-0.3, -0.25) is 4.79 Å². The molecule has 0 spiro atoms. The molecule has 0 fully saturated rings. The molecule has 0 unspecified atom stereocenters. The van der Waals surface area contributed by atoms with Gasteiger partial charge in [0.15, 0.2) is 5.01 Å². The second kappa shape index (κ2) is 8.93. The van der Waals surface area contributed by atoms with Gasteiger partial charge >= 0.3 is 0 Å². The lowest BCUT2D eigenvalue weighted by Gasteiger charge is -2.03. The van der Waals surface area contributed by atoms with Gasteiger partial charge in [0.2, 0.25) is 5.01 Å². The van der Waals surface area contributed by atoms with Crippen LogP contribution in [0.4, 0.5) is 4.39 Å². The highest BCUT2D eigenvalue weighted by atomic mass is 35.5. The van der Waals surface area contributed by atoms with E-state index in [2.05, 4.69) is 25.6 Å².